The van der Waals surface area contributed by atoms with Crippen molar-refractivity contribution in [3.8, 4) is 5.75 Å². The lowest BCUT2D eigenvalue weighted by molar-refractivity contribution is -0.255. The predicted octanol–water partition coefficient (Wildman–Crippen LogP) is 0.381. The van der Waals surface area contributed by atoms with Gasteiger partial charge in [0, 0.05) is 12.1 Å². The Morgan fingerprint density at radius 2 is 1.79 bits per heavy atom. The minimum absolute atomic E-state index is 0.0872. The zero-order chi connectivity index (χ0) is 20.4. The van der Waals surface area contributed by atoms with Gasteiger partial charge in [0.05, 0.1) is 12.2 Å². The van der Waals surface area contributed by atoms with Crippen molar-refractivity contribution >= 4 is 24.0 Å². The molecule has 8 heteroatoms. The van der Waals surface area contributed by atoms with Crippen molar-refractivity contribution in [3.63, 3.8) is 0 Å². The molecule has 0 atom stereocenters. The van der Waals surface area contributed by atoms with Gasteiger partial charge in [-0.2, -0.15) is 5.10 Å². The first-order chi connectivity index (χ1) is 13.5. The Hall–Kier alpha value is -3.94. The Kier molecular flexibility index (Phi) is 7.47. The lowest BCUT2D eigenvalue weighted by Crippen LogP contribution is -2.37. The Balaban J connectivity index is 1.96. The largest absolute Gasteiger partial charge is 0.545 e. The van der Waals surface area contributed by atoms with Crippen LogP contribution in [0, 0.1) is 0 Å². The van der Waals surface area contributed by atoms with Crippen molar-refractivity contribution in [1.29, 1.82) is 0 Å². The van der Waals surface area contributed by atoms with E-state index in [-0.39, 0.29) is 18.7 Å². The molecule has 0 heterocycles. The third-order valence-electron chi connectivity index (χ3n) is 3.49. The minimum Gasteiger partial charge on any atom is -0.545 e. The summed E-state index contributed by atoms with van der Waals surface area (Å²) >= 11 is 0. The second-order valence-electron chi connectivity index (χ2n) is 5.51. The first-order valence-corrected chi connectivity index (χ1v) is 8.25. The molecule has 0 aliphatic carbocycles. The van der Waals surface area contributed by atoms with Crippen LogP contribution in [0.3, 0.4) is 0 Å². The Labute approximate surface area is 161 Å². The maximum absolute atomic E-state index is 11.6. The van der Waals surface area contributed by atoms with Crippen LogP contribution in [0.15, 0.2) is 66.3 Å². The van der Waals surface area contributed by atoms with Gasteiger partial charge in [-0.05, 0) is 23.3 Å². The summed E-state index contributed by atoms with van der Waals surface area (Å²) in [6.45, 7) is 3.82. The molecule has 0 spiro atoms. The molecule has 0 aliphatic rings. The maximum Gasteiger partial charge on any atom is 0.329 e. The van der Waals surface area contributed by atoms with Gasteiger partial charge in [0.15, 0.2) is 0 Å². The molecule has 8 nitrogen and oxygen atoms in total. The second kappa shape index (κ2) is 10.3. The lowest BCUT2D eigenvalue weighted by atomic mass is 10.1. The SMILES string of the molecule is C=CCNC(=O)C(=O)N/N=C\c1ccccc1OCc1ccc(C(=O)[O-])cc1. The molecule has 0 saturated carbocycles. The molecule has 2 rings (SSSR count). The van der Waals surface area contributed by atoms with Crippen molar-refractivity contribution in [3.05, 3.63) is 77.9 Å². The normalized spacial score (nSPS) is 10.3. The van der Waals surface area contributed by atoms with Crippen LogP contribution in [0.2, 0.25) is 0 Å². The van der Waals surface area contributed by atoms with Gasteiger partial charge in [-0.25, -0.2) is 5.43 Å². The Morgan fingerprint density at radius 1 is 1.07 bits per heavy atom. The van der Waals surface area contributed by atoms with Crippen LogP contribution in [-0.2, 0) is 16.2 Å². The van der Waals surface area contributed by atoms with Gasteiger partial charge in [0.2, 0.25) is 0 Å². The van der Waals surface area contributed by atoms with Crippen LogP contribution < -0.4 is 20.6 Å². The van der Waals surface area contributed by atoms with Crippen molar-refractivity contribution in [1.82, 2.24) is 10.7 Å². The Morgan fingerprint density at radius 3 is 2.46 bits per heavy atom. The molecule has 2 amide bonds. The fraction of sp³-hybridized carbons (Fsp3) is 0.100. The van der Waals surface area contributed by atoms with Gasteiger partial charge in [-0.3, -0.25) is 9.59 Å². The van der Waals surface area contributed by atoms with Gasteiger partial charge >= 0.3 is 11.8 Å². The van der Waals surface area contributed by atoms with Gasteiger partial charge in [0.25, 0.3) is 0 Å². The number of hydrogen-bond donors (Lipinski definition) is 2. The fourth-order valence-electron chi connectivity index (χ4n) is 2.07. The number of rotatable bonds is 8. The van der Waals surface area contributed by atoms with Crippen molar-refractivity contribution in [2.45, 2.75) is 6.61 Å². The monoisotopic (exact) mass is 380 g/mol. The number of carbonyl (C=O) groups is 3. The molecule has 0 saturated heterocycles. The molecular formula is C20H18N3O5-. The van der Waals surface area contributed by atoms with Crippen LogP contribution in [0.4, 0.5) is 0 Å². The minimum atomic E-state index is -1.24. The molecule has 0 bridgehead atoms. The standard InChI is InChI=1S/C20H19N3O5/c1-2-11-21-18(24)19(25)23-22-12-16-5-3-4-6-17(16)28-13-14-7-9-15(10-8-14)20(26)27/h2-10,12H,1,11,13H2,(H,21,24)(H,23,25)(H,26,27)/p-1/b22-12-. The summed E-state index contributed by atoms with van der Waals surface area (Å²) in [6.07, 6.45) is 2.81. The molecule has 2 aromatic rings. The number of hydrogen-bond acceptors (Lipinski definition) is 6. The zero-order valence-electron chi connectivity index (χ0n) is 14.9. The molecule has 2 N–H and O–H groups in total. The first-order valence-electron chi connectivity index (χ1n) is 8.25. The summed E-state index contributed by atoms with van der Waals surface area (Å²) in [4.78, 5) is 33.8. The average Bonchev–Trinajstić information content (AvgIpc) is 2.71. The zero-order valence-corrected chi connectivity index (χ0v) is 14.9. The molecule has 0 aliphatic heterocycles. The number of carbonyl (C=O) groups excluding carboxylic acids is 3. The van der Waals surface area contributed by atoms with E-state index in [1.54, 1.807) is 36.4 Å². The third kappa shape index (κ3) is 6.10. The maximum atomic E-state index is 11.6. The number of nitrogens with zero attached hydrogens (tertiary/aromatic N) is 1. The molecule has 0 aromatic heterocycles. The summed E-state index contributed by atoms with van der Waals surface area (Å²) in [6, 6.07) is 13.1. The highest BCUT2D eigenvalue weighted by molar-refractivity contribution is 6.35. The van der Waals surface area contributed by atoms with E-state index in [1.807, 2.05) is 0 Å². The number of nitrogens with one attached hydrogen (secondary N) is 2. The van der Waals surface area contributed by atoms with Gasteiger partial charge in [-0.1, -0.05) is 42.5 Å². The van der Waals surface area contributed by atoms with E-state index in [4.69, 9.17) is 4.74 Å². The molecule has 144 valence electrons. The van der Waals surface area contributed by atoms with Crippen LogP contribution in [0.1, 0.15) is 21.5 Å². The number of benzene rings is 2. The van der Waals surface area contributed by atoms with Crippen LogP contribution in [-0.4, -0.2) is 30.5 Å². The topological polar surface area (TPSA) is 120 Å². The highest BCUT2D eigenvalue weighted by Gasteiger charge is 2.10. The van der Waals surface area contributed by atoms with Crippen molar-refractivity contribution in [2.75, 3.05) is 6.54 Å². The van der Waals surface area contributed by atoms with E-state index in [0.717, 1.165) is 5.56 Å². The quantitative estimate of drug-likeness (QED) is 0.297. The summed E-state index contributed by atoms with van der Waals surface area (Å²) in [7, 11) is 0. The molecule has 0 unspecified atom stereocenters. The van der Waals surface area contributed by atoms with E-state index >= 15 is 0 Å². The molecule has 28 heavy (non-hydrogen) atoms. The predicted molar refractivity (Wildman–Crippen MR) is 100 cm³/mol. The molecular weight excluding hydrogens is 362 g/mol. The van der Waals surface area contributed by atoms with Crippen LogP contribution >= 0.6 is 0 Å². The van der Waals surface area contributed by atoms with E-state index in [0.29, 0.717) is 11.3 Å². The fourth-order valence-corrected chi connectivity index (χ4v) is 2.07. The lowest BCUT2D eigenvalue weighted by Gasteiger charge is -2.10. The van der Waals surface area contributed by atoms with Gasteiger partial charge in [-0.15, -0.1) is 6.58 Å². The number of para-hydroxylation sites is 1. The van der Waals surface area contributed by atoms with E-state index in [2.05, 4.69) is 22.4 Å². The number of hydrazone groups is 1. The second-order valence-corrected chi connectivity index (χ2v) is 5.51. The smallest absolute Gasteiger partial charge is 0.329 e. The molecule has 0 fully saturated rings. The van der Waals surface area contributed by atoms with E-state index in [1.165, 1.54) is 24.4 Å². The summed E-state index contributed by atoms with van der Waals surface area (Å²) in [5.41, 5.74) is 3.56. The number of amides is 2. The average molecular weight is 380 g/mol. The third-order valence-corrected chi connectivity index (χ3v) is 3.49. The van der Waals surface area contributed by atoms with E-state index < -0.39 is 17.8 Å². The Bertz CT molecular complexity index is 891. The highest BCUT2D eigenvalue weighted by Crippen LogP contribution is 2.17. The van der Waals surface area contributed by atoms with E-state index in [9.17, 15) is 19.5 Å². The number of aromatic carboxylic acids is 1. The van der Waals surface area contributed by atoms with Crippen LogP contribution in [0.25, 0.3) is 0 Å². The molecule has 2 aromatic carbocycles. The summed E-state index contributed by atoms with van der Waals surface area (Å²) < 4.78 is 5.72. The summed E-state index contributed by atoms with van der Waals surface area (Å²) in [5, 5.41) is 16.8. The van der Waals surface area contributed by atoms with Crippen LogP contribution in [0.5, 0.6) is 5.75 Å². The first kappa shape index (κ1) is 20.4. The van der Waals surface area contributed by atoms with Crippen molar-refractivity contribution < 1.29 is 24.2 Å². The molecule has 0 radical (unpaired) electrons. The number of carboxylic acids is 1. The summed E-state index contributed by atoms with van der Waals surface area (Å²) in [5.74, 6) is -2.46. The van der Waals surface area contributed by atoms with Crippen molar-refractivity contribution in [2.24, 2.45) is 5.10 Å². The highest BCUT2D eigenvalue weighted by atomic mass is 16.5. The van der Waals surface area contributed by atoms with Gasteiger partial charge < -0.3 is 20.0 Å². The van der Waals surface area contributed by atoms with Gasteiger partial charge in [0.1, 0.15) is 12.4 Å². The number of carboxylic acid groups (broad SMARTS) is 1. The number of ether oxygens (including phenoxy) is 1.